The molecular weight excluding hydrogens is 418 g/mol. The molecule has 1 amide bonds. The Bertz CT molecular complexity index is 1310. The Morgan fingerprint density at radius 2 is 1.75 bits per heavy atom. The van der Waals surface area contributed by atoms with Gasteiger partial charge in [-0.05, 0) is 49.2 Å². The molecule has 0 aliphatic heterocycles. The molecule has 0 unspecified atom stereocenters. The van der Waals surface area contributed by atoms with E-state index in [1.807, 2.05) is 41.0 Å². The topological polar surface area (TPSA) is 83.6 Å². The Balaban J connectivity index is 1.62. The molecule has 0 aliphatic carbocycles. The van der Waals surface area contributed by atoms with Gasteiger partial charge in [0, 0.05) is 5.56 Å². The van der Waals surface area contributed by atoms with Gasteiger partial charge >= 0.3 is 0 Å². The van der Waals surface area contributed by atoms with Crippen LogP contribution < -0.4 is 5.32 Å². The number of anilines is 1. The highest BCUT2D eigenvalue weighted by Crippen LogP contribution is 2.29. The maximum atomic E-state index is 12.6. The fraction of sp³-hybridized carbons (Fsp3) is 0.120. The zero-order chi connectivity index (χ0) is 22.5. The highest BCUT2D eigenvalue weighted by Gasteiger charge is 2.18. The van der Waals surface area contributed by atoms with E-state index in [9.17, 15) is 10.1 Å². The first-order chi connectivity index (χ1) is 15.6. The van der Waals surface area contributed by atoms with Crippen LogP contribution in [0.4, 0.5) is 5.69 Å². The third-order valence-electron chi connectivity index (χ3n) is 5.07. The first-order valence-corrected chi connectivity index (χ1v) is 11.1. The van der Waals surface area contributed by atoms with Crippen LogP contribution in [0.2, 0.25) is 0 Å². The predicted molar refractivity (Wildman–Crippen MR) is 127 cm³/mol. The van der Waals surface area contributed by atoms with Crippen molar-refractivity contribution >= 4 is 23.4 Å². The first kappa shape index (κ1) is 21.3. The minimum Gasteiger partial charge on any atom is -0.324 e. The van der Waals surface area contributed by atoms with Gasteiger partial charge in [-0.3, -0.25) is 9.36 Å². The van der Waals surface area contributed by atoms with Crippen LogP contribution in [0.3, 0.4) is 0 Å². The second-order valence-electron chi connectivity index (χ2n) is 7.27. The number of carbonyl (C=O) groups is 1. The lowest BCUT2D eigenvalue weighted by Gasteiger charge is -2.12. The molecule has 4 aromatic rings. The standard InChI is InChI=1S/C25H21N5OS/c1-17-12-13-21(14-18(17)2)30-24(19-8-4-3-5-9-19)28-29-25(30)32-16-23(31)27-22-11-7-6-10-20(22)15-26/h3-14H,16H2,1-2H3,(H,27,31). The molecule has 0 saturated heterocycles. The maximum Gasteiger partial charge on any atom is 0.234 e. The smallest absolute Gasteiger partial charge is 0.234 e. The molecule has 1 heterocycles. The van der Waals surface area contributed by atoms with Crippen LogP contribution in [-0.2, 0) is 4.79 Å². The summed E-state index contributed by atoms with van der Waals surface area (Å²) in [6, 6.07) is 25.1. The number of nitriles is 1. The number of thioether (sulfide) groups is 1. The molecule has 3 aromatic carbocycles. The molecule has 158 valence electrons. The summed E-state index contributed by atoms with van der Waals surface area (Å²) in [5.41, 5.74) is 5.17. The SMILES string of the molecule is Cc1ccc(-n2c(SCC(=O)Nc3ccccc3C#N)nnc2-c2ccccc2)cc1C. The van der Waals surface area contributed by atoms with E-state index in [0.717, 1.165) is 16.8 Å². The van der Waals surface area contributed by atoms with Gasteiger partial charge in [0.25, 0.3) is 0 Å². The molecule has 0 spiro atoms. The van der Waals surface area contributed by atoms with Crippen LogP contribution >= 0.6 is 11.8 Å². The summed E-state index contributed by atoms with van der Waals surface area (Å²) in [6.45, 7) is 4.14. The second kappa shape index (κ2) is 9.50. The highest BCUT2D eigenvalue weighted by molar-refractivity contribution is 7.99. The van der Waals surface area contributed by atoms with Crippen LogP contribution in [0, 0.1) is 25.2 Å². The van der Waals surface area contributed by atoms with E-state index < -0.39 is 0 Å². The molecule has 7 heteroatoms. The van der Waals surface area contributed by atoms with Gasteiger partial charge in [0.05, 0.1) is 22.7 Å². The molecule has 0 aliphatic rings. The quantitative estimate of drug-likeness (QED) is 0.420. The number of hydrogen-bond donors (Lipinski definition) is 1. The number of aryl methyl sites for hydroxylation is 2. The van der Waals surface area contributed by atoms with E-state index in [1.165, 1.54) is 17.3 Å². The minimum atomic E-state index is -0.214. The molecule has 1 aromatic heterocycles. The summed E-state index contributed by atoms with van der Waals surface area (Å²) in [5, 5.41) is 21.5. The van der Waals surface area contributed by atoms with Gasteiger partial charge in [-0.25, -0.2) is 0 Å². The number of para-hydroxylation sites is 1. The largest absolute Gasteiger partial charge is 0.324 e. The monoisotopic (exact) mass is 439 g/mol. The number of nitrogens with zero attached hydrogens (tertiary/aromatic N) is 4. The van der Waals surface area contributed by atoms with Crippen LogP contribution in [0.15, 0.2) is 78.0 Å². The van der Waals surface area contributed by atoms with Crippen molar-refractivity contribution in [2.75, 3.05) is 11.1 Å². The molecular formula is C25H21N5OS. The highest BCUT2D eigenvalue weighted by atomic mass is 32.2. The van der Waals surface area contributed by atoms with Crippen LogP contribution in [0.5, 0.6) is 0 Å². The average Bonchev–Trinajstić information content (AvgIpc) is 3.24. The molecule has 0 radical (unpaired) electrons. The fourth-order valence-electron chi connectivity index (χ4n) is 3.24. The summed E-state index contributed by atoms with van der Waals surface area (Å²) in [7, 11) is 0. The zero-order valence-electron chi connectivity index (χ0n) is 17.7. The zero-order valence-corrected chi connectivity index (χ0v) is 18.6. The van der Waals surface area contributed by atoms with Gasteiger partial charge in [0.1, 0.15) is 6.07 Å². The molecule has 6 nitrogen and oxygen atoms in total. The Morgan fingerprint density at radius 1 is 1.00 bits per heavy atom. The number of aromatic nitrogens is 3. The normalized spacial score (nSPS) is 10.5. The van der Waals surface area contributed by atoms with E-state index in [4.69, 9.17) is 0 Å². The maximum absolute atomic E-state index is 12.6. The molecule has 32 heavy (non-hydrogen) atoms. The lowest BCUT2D eigenvalue weighted by atomic mass is 10.1. The van der Waals surface area contributed by atoms with Crippen LogP contribution in [0.25, 0.3) is 17.1 Å². The predicted octanol–water partition coefficient (Wildman–Crippen LogP) is 5.15. The summed E-state index contributed by atoms with van der Waals surface area (Å²) >= 11 is 1.30. The Morgan fingerprint density at radius 3 is 2.50 bits per heavy atom. The van der Waals surface area contributed by atoms with Gasteiger partial charge in [-0.15, -0.1) is 10.2 Å². The second-order valence-corrected chi connectivity index (χ2v) is 8.21. The Kier molecular flexibility index (Phi) is 6.34. The molecule has 0 saturated carbocycles. The van der Waals surface area contributed by atoms with Gasteiger partial charge < -0.3 is 5.32 Å². The number of carbonyl (C=O) groups excluding carboxylic acids is 1. The number of amides is 1. The molecule has 1 N–H and O–H groups in total. The fourth-order valence-corrected chi connectivity index (χ4v) is 3.99. The number of benzene rings is 3. The van der Waals surface area contributed by atoms with Crippen molar-refractivity contribution in [3.05, 3.63) is 89.5 Å². The summed E-state index contributed by atoms with van der Waals surface area (Å²) < 4.78 is 1.98. The molecule has 0 fully saturated rings. The van der Waals surface area contributed by atoms with E-state index in [-0.39, 0.29) is 11.7 Å². The third kappa shape index (κ3) is 4.56. The number of nitrogens with one attached hydrogen (secondary N) is 1. The van der Waals surface area contributed by atoms with Crippen molar-refractivity contribution in [3.8, 4) is 23.1 Å². The van der Waals surface area contributed by atoms with Gasteiger partial charge in [0.15, 0.2) is 11.0 Å². The van der Waals surface area contributed by atoms with Crippen molar-refractivity contribution in [2.45, 2.75) is 19.0 Å². The molecule has 0 bridgehead atoms. The third-order valence-corrected chi connectivity index (χ3v) is 6.00. The van der Waals surface area contributed by atoms with Crippen LogP contribution in [-0.4, -0.2) is 26.4 Å². The number of hydrogen-bond acceptors (Lipinski definition) is 5. The van der Waals surface area contributed by atoms with Crippen molar-refractivity contribution in [2.24, 2.45) is 0 Å². The van der Waals surface area contributed by atoms with Crippen molar-refractivity contribution in [1.29, 1.82) is 5.26 Å². The van der Waals surface area contributed by atoms with Gasteiger partial charge in [-0.2, -0.15) is 5.26 Å². The van der Waals surface area contributed by atoms with E-state index in [1.54, 1.807) is 24.3 Å². The van der Waals surface area contributed by atoms with E-state index in [2.05, 4.69) is 47.6 Å². The van der Waals surface area contributed by atoms with Crippen molar-refractivity contribution in [1.82, 2.24) is 14.8 Å². The van der Waals surface area contributed by atoms with Crippen LogP contribution in [0.1, 0.15) is 16.7 Å². The number of rotatable bonds is 6. The van der Waals surface area contributed by atoms with Gasteiger partial charge in [-0.1, -0.05) is 60.3 Å². The summed E-state index contributed by atoms with van der Waals surface area (Å²) in [4.78, 5) is 12.6. The first-order valence-electron chi connectivity index (χ1n) is 10.1. The van der Waals surface area contributed by atoms with E-state index in [0.29, 0.717) is 22.2 Å². The van der Waals surface area contributed by atoms with Crippen molar-refractivity contribution in [3.63, 3.8) is 0 Å². The average molecular weight is 440 g/mol. The minimum absolute atomic E-state index is 0.136. The summed E-state index contributed by atoms with van der Waals surface area (Å²) in [5.74, 6) is 0.637. The van der Waals surface area contributed by atoms with Crippen molar-refractivity contribution < 1.29 is 4.79 Å². The lowest BCUT2D eigenvalue weighted by molar-refractivity contribution is -0.113. The summed E-state index contributed by atoms with van der Waals surface area (Å²) in [6.07, 6.45) is 0. The van der Waals surface area contributed by atoms with E-state index >= 15 is 0 Å². The Labute approximate surface area is 190 Å². The van der Waals surface area contributed by atoms with Gasteiger partial charge in [0.2, 0.25) is 5.91 Å². The Hall–Kier alpha value is -3.89. The molecule has 4 rings (SSSR count). The molecule has 0 atom stereocenters. The lowest BCUT2D eigenvalue weighted by Crippen LogP contribution is -2.15.